The summed E-state index contributed by atoms with van der Waals surface area (Å²) in [6, 6.07) is 6.02. The van der Waals surface area contributed by atoms with Gasteiger partial charge >= 0.3 is 0 Å². The molecule has 0 saturated carbocycles. The van der Waals surface area contributed by atoms with Crippen molar-refractivity contribution in [3.63, 3.8) is 0 Å². The van der Waals surface area contributed by atoms with Gasteiger partial charge in [0, 0.05) is 19.5 Å². The maximum Gasteiger partial charge on any atom is 0.160 e. The summed E-state index contributed by atoms with van der Waals surface area (Å²) in [6.07, 6.45) is 4.22. The number of nitrogens with one attached hydrogen (secondary N) is 1. The summed E-state index contributed by atoms with van der Waals surface area (Å²) >= 11 is 0. The number of methoxy groups -OCH3 is 2. The van der Waals surface area contributed by atoms with Crippen molar-refractivity contribution in [1.82, 2.24) is 4.90 Å². The smallest absolute Gasteiger partial charge is 0.160 e. The van der Waals surface area contributed by atoms with E-state index in [0.29, 0.717) is 0 Å². The van der Waals surface area contributed by atoms with E-state index in [1.54, 1.807) is 14.2 Å². The lowest BCUT2D eigenvalue weighted by Crippen LogP contribution is -2.36. The number of hydrogen-bond donors (Lipinski definition) is 1. The average molecular weight is 262 g/mol. The Kier molecular flexibility index (Phi) is 4.66. The Balaban J connectivity index is 1.97. The maximum absolute atomic E-state index is 7.94. The van der Waals surface area contributed by atoms with Crippen LogP contribution in [0.5, 0.6) is 11.5 Å². The lowest BCUT2D eigenvalue weighted by molar-refractivity contribution is 0.353. The van der Waals surface area contributed by atoms with Crippen molar-refractivity contribution in [3.8, 4) is 11.5 Å². The molecule has 0 spiro atoms. The molecular weight excluding hydrogens is 240 g/mol. The number of likely N-dealkylation sites (tertiary alicyclic amines) is 1. The van der Waals surface area contributed by atoms with E-state index in [1.807, 2.05) is 12.1 Å². The van der Waals surface area contributed by atoms with Crippen LogP contribution in [0.3, 0.4) is 0 Å². The van der Waals surface area contributed by atoms with Crippen molar-refractivity contribution in [3.05, 3.63) is 23.8 Å². The van der Waals surface area contributed by atoms with Gasteiger partial charge in [-0.3, -0.25) is 5.41 Å². The summed E-state index contributed by atoms with van der Waals surface area (Å²) in [6.45, 7) is 1.93. The van der Waals surface area contributed by atoms with Gasteiger partial charge in [0.2, 0.25) is 0 Å². The highest BCUT2D eigenvalue weighted by Gasteiger charge is 2.14. The Bertz CT molecular complexity index is 446. The molecule has 1 aromatic carbocycles. The molecule has 1 heterocycles. The van der Waals surface area contributed by atoms with E-state index in [9.17, 15) is 0 Å². The maximum atomic E-state index is 7.94. The van der Waals surface area contributed by atoms with Crippen molar-refractivity contribution < 1.29 is 9.47 Å². The molecule has 0 bridgehead atoms. The zero-order chi connectivity index (χ0) is 13.7. The van der Waals surface area contributed by atoms with Crippen LogP contribution in [0.1, 0.15) is 24.8 Å². The Morgan fingerprint density at radius 1 is 1.16 bits per heavy atom. The van der Waals surface area contributed by atoms with Gasteiger partial charge in [0.05, 0.1) is 20.1 Å². The van der Waals surface area contributed by atoms with Crippen molar-refractivity contribution in [2.45, 2.75) is 25.7 Å². The summed E-state index contributed by atoms with van der Waals surface area (Å²) in [5.41, 5.74) is 1.22. The third-order valence-corrected chi connectivity index (χ3v) is 3.59. The van der Waals surface area contributed by atoms with Crippen molar-refractivity contribution in [1.29, 1.82) is 5.41 Å². The van der Waals surface area contributed by atoms with E-state index in [1.165, 1.54) is 12.0 Å². The van der Waals surface area contributed by atoms with Crippen LogP contribution >= 0.6 is 0 Å². The summed E-state index contributed by atoms with van der Waals surface area (Å²) in [4.78, 5) is 2.18. The fraction of sp³-hybridized carbons (Fsp3) is 0.533. The number of hydrogen-bond acceptors (Lipinski definition) is 3. The van der Waals surface area contributed by atoms with E-state index >= 15 is 0 Å². The molecule has 0 unspecified atom stereocenters. The van der Waals surface area contributed by atoms with Gasteiger partial charge in [-0.1, -0.05) is 6.07 Å². The highest BCUT2D eigenvalue weighted by molar-refractivity contribution is 5.79. The zero-order valence-electron chi connectivity index (χ0n) is 11.7. The predicted molar refractivity (Wildman–Crippen MR) is 76.4 cm³/mol. The topological polar surface area (TPSA) is 45.5 Å². The van der Waals surface area contributed by atoms with Crippen LogP contribution in [0, 0.1) is 5.41 Å². The van der Waals surface area contributed by atoms with Gasteiger partial charge < -0.3 is 14.4 Å². The third kappa shape index (κ3) is 3.40. The zero-order valence-corrected chi connectivity index (χ0v) is 11.7. The highest BCUT2D eigenvalue weighted by Crippen LogP contribution is 2.27. The summed E-state index contributed by atoms with van der Waals surface area (Å²) in [7, 11) is 3.30. The molecule has 1 saturated heterocycles. The molecule has 2 rings (SSSR count). The Morgan fingerprint density at radius 2 is 1.95 bits per heavy atom. The molecule has 19 heavy (non-hydrogen) atoms. The van der Waals surface area contributed by atoms with Crippen LogP contribution in [0.4, 0.5) is 0 Å². The van der Waals surface area contributed by atoms with Crippen LogP contribution in [-0.4, -0.2) is 38.0 Å². The molecule has 0 amide bonds. The second-order valence-corrected chi connectivity index (χ2v) is 4.83. The van der Waals surface area contributed by atoms with E-state index in [4.69, 9.17) is 14.9 Å². The van der Waals surface area contributed by atoms with Crippen LogP contribution in [-0.2, 0) is 6.42 Å². The van der Waals surface area contributed by atoms with Crippen LogP contribution < -0.4 is 9.47 Å². The summed E-state index contributed by atoms with van der Waals surface area (Å²) in [5, 5.41) is 7.94. The molecule has 0 atom stereocenters. The molecule has 1 N–H and O–H groups in total. The van der Waals surface area contributed by atoms with E-state index in [-0.39, 0.29) is 0 Å². The number of amidine groups is 1. The minimum absolute atomic E-state index is 0.761. The van der Waals surface area contributed by atoms with E-state index in [0.717, 1.165) is 49.7 Å². The first-order valence-electron chi connectivity index (χ1n) is 6.78. The van der Waals surface area contributed by atoms with Gasteiger partial charge in [0.25, 0.3) is 0 Å². The van der Waals surface area contributed by atoms with Crippen LogP contribution in [0.15, 0.2) is 18.2 Å². The minimum Gasteiger partial charge on any atom is -0.493 e. The minimum atomic E-state index is 0.761. The number of rotatable bonds is 5. The molecule has 0 aromatic heterocycles. The highest BCUT2D eigenvalue weighted by atomic mass is 16.5. The van der Waals surface area contributed by atoms with E-state index < -0.39 is 0 Å². The third-order valence-electron chi connectivity index (χ3n) is 3.59. The SMILES string of the molecule is COc1ccc(CCN2CCCCC2=N)cc1OC. The normalized spacial score (nSPS) is 15.5. The molecule has 0 aliphatic carbocycles. The fourth-order valence-corrected chi connectivity index (χ4v) is 2.44. The molecule has 0 radical (unpaired) electrons. The standard InChI is InChI=1S/C15H22N2O2/c1-18-13-7-6-12(11-14(13)19-2)8-10-17-9-4-3-5-15(17)16/h6-7,11,16H,3-5,8-10H2,1-2H3. The molecular formula is C15H22N2O2. The number of nitrogens with zero attached hydrogens (tertiary/aromatic N) is 1. The molecule has 4 nitrogen and oxygen atoms in total. The molecule has 1 aliphatic heterocycles. The largest absolute Gasteiger partial charge is 0.493 e. The van der Waals surface area contributed by atoms with Gasteiger partial charge in [0.15, 0.2) is 11.5 Å². The first kappa shape index (κ1) is 13.7. The van der Waals surface area contributed by atoms with Gasteiger partial charge in [-0.25, -0.2) is 0 Å². The number of ether oxygens (including phenoxy) is 2. The molecule has 4 heteroatoms. The average Bonchev–Trinajstić information content (AvgIpc) is 2.46. The quantitative estimate of drug-likeness (QED) is 0.887. The number of benzene rings is 1. The van der Waals surface area contributed by atoms with Gasteiger partial charge in [-0.15, -0.1) is 0 Å². The van der Waals surface area contributed by atoms with Crippen molar-refractivity contribution in [2.24, 2.45) is 0 Å². The van der Waals surface area contributed by atoms with Gasteiger partial charge in [0.1, 0.15) is 0 Å². The van der Waals surface area contributed by atoms with Crippen LogP contribution in [0.25, 0.3) is 0 Å². The Labute approximate surface area is 114 Å². The molecule has 104 valence electrons. The Morgan fingerprint density at radius 3 is 2.63 bits per heavy atom. The first-order chi connectivity index (χ1) is 9.24. The second kappa shape index (κ2) is 6.45. The Hall–Kier alpha value is -1.71. The van der Waals surface area contributed by atoms with Crippen molar-refractivity contribution >= 4 is 5.84 Å². The second-order valence-electron chi connectivity index (χ2n) is 4.83. The molecule has 1 fully saturated rings. The lowest BCUT2D eigenvalue weighted by atomic mass is 10.1. The monoisotopic (exact) mass is 262 g/mol. The van der Waals surface area contributed by atoms with Crippen molar-refractivity contribution in [2.75, 3.05) is 27.3 Å². The summed E-state index contributed by atoms with van der Waals surface area (Å²) in [5.74, 6) is 2.32. The predicted octanol–water partition coefficient (Wildman–Crippen LogP) is 2.71. The molecule has 1 aliphatic rings. The van der Waals surface area contributed by atoms with Gasteiger partial charge in [-0.2, -0.15) is 0 Å². The number of piperidine rings is 1. The van der Waals surface area contributed by atoms with E-state index in [2.05, 4.69) is 11.0 Å². The van der Waals surface area contributed by atoms with Gasteiger partial charge in [-0.05, 0) is 37.0 Å². The molecule has 1 aromatic rings. The van der Waals surface area contributed by atoms with Crippen LogP contribution in [0.2, 0.25) is 0 Å². The summed E-state index contributed by atoms with van der Waals surface area (Å²) < 4.78 is 10.5. The fourth-order valence-electron chi connectivity index (χ4n) is 2.44. The first-order valence-corrected chi connectivity index (χ1v) is 6.78. The lowest BCUT2D eigenvalue weighted by Gasteiger charge is -2.29.